The first-order valence-electron chi connectivity index (χ1n) is 6.58. The fourth-order valence-corrected chi connectivity index (χ4v) is 2.57. The van der Waals surface area contributed by atoms with Crippen LogP contribution in [-0.4, -0.2) is 22.0 Å². The molecule has 6 heteroatoms. The lowest BCUT2D eigenvalue weighted by Crippen LogP contribution is -2.27. The molecule has 2 aromatic rings. The van der Waals surface area contributed by atoms with Gasteiger partial charge in [-0.3, -0.25) is 13.9 Å². The van der Waals surface area contributed by atoms with E-state index in [4.69, 9.17) is 4.74 Å². The van der Waals surface area contributed by atoms with Gasteiger partial charge in [-0.1, -0.05) is 0 Å². The molecule has 0 saturated carbocycles. The molecule has 5 nitrogen and oxygen atoms in total. The topological polar surface area (TPSA) is 53.2 Å². The van der Waals surface area contributed by atoms with Gasteiger partial charge in [0.15, 0.2) is 5.78 Å². The second-order valence-corrected chi connectivity index (χ2v) is 5.84. The average molecular weight is 353 g/mol. The fourth-order valence-electron chi connectivity index (χ4n) is 2.03. The summed E-state index contributed by atoms with van der Waals surface area (Å²) in [7, 11) is 1.57. The second-order valence-electron chi connectivity index (χ2n) is 4.98. The highest BCUT2D eigenvalue weighted by Gasteiger charge is 2.13. The SMILES string of the molecule is COc1ccc(C(=O)Cn2ccn(C(C)C)c2=O)cc1Br. The summed E-state index contributed by atoms with van der Waals surface area (Å²) < 4.78 is 8.85. The summed E-state index contributed by atoms with van der Waals surface area (Å²) in [5, 5.41) is 0. The molecule has 21 heavy (non-hydrogen) atoms. The van der Waals surface area contributed by atoms with Crippen LogP contribution in [0.4, 0.5) is 0 Å². The lowest BCUT2D eigenvalue weighted by molar-refractivity contribution is 0.0970. The second kappa shape index (κ2) is 6.30. The zero-order chi connectivity index (χ0) is 15.6. The summed E-state index contributed by atoms with van der Waals surface area (Å²) in [6.07, 6.45) is 3.34. The number of ketones is 1. The lowest BCUT2D eigenvalue weighted by Gasteiger charge is -2.07. The quantitative estimate of drug-likeness (QED) is 0.777. The molecule has 112 valence electrons. The molecule has 1 heterocycles. The number of benzene rings is 1. The van der Waals surface area contributed by atoms with Crippen molar-refractivity contribution >= 4 is 21.7 Å². The molecular weight excluding hydrogens is 336 g/mol. The highest BCUT2D eigenvalue weighted by Crippen LogP contribution is 2.25. The minimum atomic E-state index is -0.175. The van der Waals surface area contributed by atoms with Crippen LogP contribution in [0.3, 0.4) is 0 Å². The van der Waals surface area contributed by atoms with Gasteiger partial charge < -0.3 is 4.74 Å². The van der Waals surface area contributed by atoms with Crippen molar-refractivity contribution in [3.8, 4) is 5.75 Å². The van der Waals surface area contributed by atoms with Crippen molar-refractivity contribution in [3.05, 3.63) is 51.1 Å². The molecule has 1 aromatic carbocycles. The monoisotopic (exact) mass is 352 g/mol. The van der Waals surface area contributed by atoms with E-state index in [0.29, 0.717) is 15.8 Å². The van der Waals surface area contributed by atoms with Gasteiger partial charge >= 0.3 is 5.69 Å². The van der Waals surface area contributed by atoms with Crippen molar-refractivity contribution in [1.29, 1.82) is 0 Å². The van der Waals surface area contributed by atoms with E-state index in [-0.39, 0.29) is 24.1 Å². The van der Waals surface area contributed by atoms with Crippen LogP contribution >= 0.6 is 15.9 Å². The number of carbonyl (C=O) groups excluding carboxylic acids is 1. The van der Waals surface area contributed by atoms with E-state index in [1.165, 1.54) is 4.57 Å². The predicted octanol–water partition coefficient (Wildman–Crippen LogP) is 2.88. The smallest absolute Gasteiger partial charge is 0.328 e. The Bertz CT molecular complexity index is 716. The first-order chi connectivity index (χ1) is 9.93. The van der Waals surface area contributed by atoms with Gasteiger partial charge in [0, 0.05) is 24.0 Å². The molecule has 0 bridgehead atoms. The molecule has 1 aromatic heterocycles. The van der Waals surface area contributed by atoms with Crippen LogP contribution in [0, 0.1) is 0 Å². The van der Waals surface area contributed by atoms with Crippen molar-refractivity contribution < 1.29 is 9.53 Å². The molecule has 0 aliphatic rings. The third kappa shape index (κ3) is 3.26. The number of hydrogen-bond acceptors (Lipinski definition) is 3. The Morgan fingerprint density at radius 3 is 2.57 bits per heavy atom. The highest BCUT2D eigenvalue weighted by molar-refractivity contribution is 9.10. The van der Waals surface area contributed by atoms with Crippen molar-refractivity contribution in [3.63, 3.8) is 0 Å². The molecule has 0 amide bonds. The van der Waals surface area contributed by atoms with Gasteiger partial charge in [0.25, 0.3) is 0 Å². The molecule has 0 atom stereocenters. The maximum Gasteiger partial charge on any atom is 0.328 e. The number of nitrogens with zero attached hydrogens (tertiary/aromatic N) is 2. The maximum atomic E-state index is 12.3. The number of halogens is 1. The molecule has 0 aliphatic heterocycles. The van der Waals surface area contributed by atoms with Crippen LogP contribution in [0.15, 0.2) is 39.9 Å². The van der Waals surface area contributed by atoms with Crippen molar-refractivity contribution in [2.24, 2.45) is 0 Å². The van der Waals surface area contributed by atoms with Crippen molar-refractivity contribution in [2.45, 2.75) is 26.4 Å². The molecule has 0 aliphatic carbocycles. The minimum absolute atomic E-state index is 0.0251. The lowest BCUT2D eigenvalue weighted by atomic mass is 10.1. The Morgan fingerprint density at radius 2 is 2.05 bits per heavy atom. The number of hydrogen-bond donors (Lipinski definition) is 0. The molecule has 0 unspecified atom stereocenters. The molecule has 0 spiro atoms. The molecule has 0 N–H and O–H groups in total. The zero-order valence-corrected chi connectivity index (χ0v) is 13.8. The van der Waals surface area contributed by atoms with Crippen molar-refractivity contribution in [1.82, 2.24) is 9.13 Å². The minimum Gasteiger partial charge on any atom is -0.496 e. The van der Waals surface area contributed by atoms with E-state index in [1.54, 1.807) is 42.3 Å². The molecular formula is C15H17BrN2O3. The number of Topliss-reactive ketones (excluding diaryl/α,β-unsaturated/α-hetero) is 1. The van der Waals surface area contributed by atoms with Crippen molar-refractivity contribution in [2.75, 3.05) is 7.11 Å². The summed E-state index contributed by atoms with van der Waals surface area (Å²) in [4.78, 5) is 24.4. The standard InChI is InChI=1S/C15H17BrN2O3/c1-10(2)18-7-6-17(15(18)20)9-13(19)11-4-5-14(21-3)12(16)8-11/h4-8,10H,9H2,1-3H3. The first kappa shape index (κ1) is 15.6. The van der Waals surface area contributed by atoms with Crippen LogP contribution in [0.2, 0.25) is 0 Å². The summed E-state index contributed by atoms with van der Waals surface area (Å²) in [5.41, 5.74) is 0.359. The first-order valence-corrected chi connectivity index (χ1v) is 7.37. The Labute approximate surface area is 131 Å². The Morgan fingerprint density at radius 1 is 1.33 bits per heavy atom. The third-order valence-electron chi connectivity index (χ3n) is 3.22. The fraction of sp³-hybridized carbons (Fsp3) is 0.333. The van der Waals surface area contributed by atoms with E-state index in [1.807, 2.05) is 13.8 Å². The number of imidazole rings is 1. The van der Waals surface area contributed by atoms with Gasteiger partial charge in [-0.15, -0.1) is 0 Å². The maximum absolute atomic E-state index is 12.3. The van der Waals surface area contributed by atoms with E-state index < -0.39 is 0 Å². The summed E-state index contributed by atoms with van der Waals surface area (Å²) in [5.74, 6) is 0.539. The Kier molecular flexibility index (Phi) is 4.67. The molecule has 0 saturated heterocycles. The summed E-state index contributed by atoms with van der Waals surface area (Å²) in [6.45, 7) is 3.87. The number of methoxy groups -OCH3 is 1. The zero-order valence-electron chi connectivity index (χ0n) is 12.2. The van der Waals surface area contributed by atoms with Crippen LogP contribution in [0.1, 0.15) is 30.2 Å². The van der Waals surface area contributed by atoms with E-state index in [2.05, 4.69) is 15.9 Å². The van der Waals surface area contributed by atoms with Crippen LogP contribution < -0.4 is 10.4 Å². The number of aromatic nitrogens is 2. The van der Waals surface area contributed by atoms with Crippen LogP contribution in [0.5, 0.6) is 5.75 Å². The van der Waals surface area contributed by atoms with Gasteiger partial charge in [-0.05, 0) is 48.0 Å². The van der Waals surface area contributed by atoms with Gasteiger partial charge in [-0.2, -0.15) is 0 Å². The third-order valence-corrected chi connectivity index (χ3v) is 3.84. The Hall–Kier alpha value is -1.82. The summed E-state index contributed by atoms with van der Waals surface area (Å²) >= 11 is 3.35. The normalized spacial score (nSPS) is 10.9. The van der Waals surface area contributed by atoms with E-state index in [0.717, 1.165) is 0 Å². The molecule has 0 radical (unpaired) electrons. The predicted molar refractivity (Wildman–Crippen MR) is 84.1 cm³/mol. The highest BCUT2D eigenvalue weighted by atomic mass is 79.9. The van der Waals surface area contributed by atoms with Gasteiger partial charge in [-0.25, -0.2) is 4.79 Å². The molecule has 2 rings (SSSR count). The number of rotatable bonds is 5. The van der Waals surface area contributed by atoms with Gasteiger partial charge in [0.05, 0.1) is 18.1 Å². The number of carbonyl (C=O) groups is 1. The van der Waals surface area contributed by atoms with E-state index >= 15 is 0 Å². The number of ether oxygens (including phenoxy) is 1. The van der Waals surface area contributed by atoms with Crippen LogP contribution in [-0.2, 0) is 6.54 Å². The van der Waals surface area contributed by atoms with Gasteiger partial charge in [0.2, 0.25) is 0 Å². The van der Waals surface area contributed by atoms with Gasteiger partial charge in [0.1, 0.15) is 5.75 Å². The largest absolute Gasteiger partial charge is 0.496 e. The summed E-state index contributed by atoms with van der Waals surface area (Å²) in [6, 6.07) is 5.19. The van der Waals surface area contributed by atoms with Crippen LogP contribution in [0.25, 0.3) is 0 Å². The van der Waals surface area contributed by atoms with E-state index in [9.17, 15) is 9.59 Å². The average Bonchev–Trinajstić information content (AvgIpc) is 2.80. The molecule has 0 fully saturated rings. The Balaban J connectivity index is 2.22.